The molecule has 0 aromatic heterocycles. The molecule has 1 N–H and O–H groups in total. The van der Waals surface area contributed by atoms with Gasteiger partial charge in [-0.25, -0.2) is 0 Å². The smallest absolute Gasteiger partial charge is 0.226 e. The van der Waals surface area contributed by atoms with Gasteiger partial charge < -0.3 is 4.89 Å². The molecule has 0 rings (SSSR count). The number of rotatable bonds is 0. The summed E-state index contributed by atoms with van der Waals surface area (Å²) >= 11 is 0. The van der Waals surface area contributed by atoms with Crippen LogP contribution in [-0.4, -0.2) is 4.89 Å². The third-order valence-electron chi connectivity index (χ3n) is 0. The van der Waals surface area contributed by atoms with Gasteiger partial charge in [-0.2, -0.15) is 0 Å². The minimum atomic E-state index is -2.81. The van der Waals surface area contributed by atoms with E-state index in [0.29, 0.717) is 0 Å². The maximum Gasteiger partial charge on any atom is 0.226 e. The fraction of sp³-hybridized carbons (Fsp3) is 0. The molecule has 0 aliphatic rings. The first-order chi connectivity index (χ1) is 2.00. The Kier molecular flexibility index (Phi) is 2.02. The molecule has 0 aliphatic heterocycles. The molecule has 0 heterocycles. The number of hydrogen-bond donors (Lipinski definition) is 1. The van der Waals surface area contributed by atoms with Gasteiger partial charge in [0.15, 0.2) is 0 Å². The molecule has 0 spiro atoms. The third-order valence-corrected chi connectivity index (χ3v) is 0. The van der Waals surface area contributed by atoms with Crippen molar-refractivity contribution in [2.75, 3.05) is 0 Å². The maximum absolute atomic E-state index is 9.70. The molecule has 0 aromatic rings. The van der Waals surface area contributed by atoms with Crippen molar-refractivity contribution >= 4 is 24.6 Å². The molecule has 0 fully saturated rings. The van der Waals surface area contributed by atoms with Crippen LogP contribution in [0.5, 0.6) is 0 Å². The van der Waals surface area contributed by atoms with Gasteiger partial charge in [0.25, 0.3) is 0 Å². The van der Waals surface area contributed by atoms with Crippen LogP contribution in [0.3, 0.4) is 0 Å². The van der Waals surface area contributed by atoms with Gasteiger partial charge in [-0.05, 0) is 17.9 Å². The summed E-state index contributed by atoms with van der Waals surface area (Å²) in [7, 11) is 3.58. The largest absolute Gasteiger partial charge is 0.339 e. The van der Waals surface area contributed by atoms with Crippen LogP contribution in [0, 0.1) is 0 Å². The van der Waals surface area contributed by atoms with Crippen LogP contribution in [0.15, 0.2) is 0 Å². The monoisotopic (exact) mass is 130 g/mol. The maximum atomic E-state index is 9.70. The molecule has 5 heavy (non-hydrogen) atoms. The molecule has 0 saturated carbocycles. The Balaban J connectivity index is 3.47. The van der Waals surface area contributed by atoms with Gasteiger partial charge >= 0.3 is 0 Å². The molecular weight excluding hydrogens is 125 g/mol. The minimum Gasteiger partial charge on any atom is -0.339 e. The summed E-state index contributed by atoms with van der Waals surface area (Å²) in [6.07, 6.45) is 0. The van der Waals surface area contributed by atoms with Gasteiger partial charge in [0.1, 0.15) is 0 Å². The van der Waals surface area contributed by atoms with Crippen LogP contribution in [0.2, 0.25) is 0 Å². The second-order valence-electron chi connectivity index (χ2n) is 0.672. The molecule has 2 unspecified atom stereocenters. The zero-order valence-corrected chi connectivity index (χ0v) is 5.66. The lowest BCUT2D eigenvalue weighted by atomic mass is 15.9. The topological polar surface area (TPSA) is 37.3 Å². The van der Waals surface area contributed by atoms with E-state index in [4.69, 9.17) is 4.89 Å². The Bertz CT molecular complexity index is 51.0. The van der Waals surface area contributed by atoms with Gasteiger partial charge in [0.05, 0.1) is 0 Å². The van der Waals surface area contributed by atoms with E-state index >= 15 is 0 Å². The summed E-state index contributed by atoms with van der Waals surface area (Å²) in [5.74, 6) is 0. The van der Waals surface area contributed by atoms with Crippen LogP contribution in [0.1, 0.15) is 0 Å². The van der Waals surface area contributed by atoms with Gasteiger partial charge in [-0.3, -0.25) is 4.57 Å². The summed E-state index contributed by atoms with van der Waals surface area (Å²) in [6.45, 7) is -2.81. The standard InChI is InChI=1S/H5O2P3/c1-5(2,3)4/h3-4H2,(H,1,2). The molecule has 0 radical (unpaired) electrons. The van der Waals surface area contributed by atoms with Crippen molar-refractivity contribution in [2.45, 2.75) is 0 Å². The quantitative estimate of drug-likeness (QED) is 0.493. The summed E-state index contributed by atoms with van der Waals surface area (Å²) in [5.41, 5.74) is 0. The van der Waals surface area contributed by atoms with Gasteiger partial charge in [0, 0.05) is 0 Å². The van der Waals surface area contributed by atoms with Crippen LogP contribution in [0.25, 0.3) is 0 Å². The lowest BCUT2D eigenvalue weighted by molar-refractivity contribution is 0.514. The van der Waals surface area contributed by atoms with Crippen LogP contribution < -0.4 is 0 Å². The molecular formula is H5O2P3. The van der Waals surface area contributed by atoms with Crippen molar-refractivity contribution in [1.82, 2.24) is 0 Å². The van der Waals surface area contributed by atoms with Gasteiger partial charge in [0.2, 0.25) is 6.75 Å². The highest BCUT2D eigenvalue weighted by atomic mass is 32.4. The molecule has 32 valence electrons. The van der Waals surface area contributed by atoms with Crippen LogP contribution in [0.4, 0.5) is 0 Å². The molecule has 5 heteroatoms. The van der Waals surface area contributed by atoms with Crippen molar-refractivity contribution < 1.29 is 9.46 Å². The molecule has 0 bridgehead atoms. The van der Waals surface area contributed by atoms with E-state index in [9.17, 15) is 4.57 Å². The molecule has 2 atom stereocenters. The van der Waals surface area contributed by atoms with E-state index in [0.717, 1.165) is 0 Å². The summed E-state index contributed by atoms with van der Waals surface area (Å²) in [6, 6.07) is 0. The Hall–Kier alpha value is 1.05. The Labute approximate surface area is 35.0 Å². The predicted molar refractivity (Wildman–Crippen MR) is 29.2 cm³/mol. The molecule has 0 saturated heterocycles. The third kappa shape index (κ3) is 42.6. The first kappa shape index (κ1) is 6.05. The van der Waals surface area contributed by atoms with Crippen molar-refractivity contribution in [3.63, 3.8) is 0 Å². The zero-order valence-electron chi connectivity index (χ0n) is 2.46. The fourth-order valence-corrected chi connectivity index (χ4v) is 0. The Morgan fingerprint density at radius 2 is 1.60 bits per heavy atom. The lowest BCUT2D eigenvalue weighted by Crippen LogP contribution is -1.36. The highest BCUT2D eigenvalue weighted by Gasteiger charge is 1.92. The van der Waals surface area contributed by atoms with Crippen molar-refractivity contribution in [3.8, 4) is 0 Å². The average Bonchev–Trinajstić information content (AvgIpc) is 0.722. The number of hydrogen-bond acceptors (Lipinski definition) is 1. The molecule has 2 nitrogen and oxygen atoms in total. The fourth-order valence-electron chi connectivity index (χ4n) is 0. The van der Waals surface area contributed by atoms with Crippen molar-refractivity contribution in [1.29, 1.82) is 0 Å². The zero-order chi connectivity index (χ0) is 4.50. The first-order valence-corrected chi connectivity index (χ1v) is 5.80. The van der Waals surface area contributed by atoms with E-state index in [1.807, 2.05) is 0 Å². The van der Waals surface area contributed by atoms with E-state index in [-0.39, 0.29) is 0 Å². The highest BCUT2D eigenvalue weighted by molar-refractivity contribution is 8.44. The van der Waals surface area contributed by atoms with E-state index in [2.05, 4.69) is 0 Å². The Morgan fingerprint density at radius 3 is 1.60 bits per heavy atom. The Morgan fingerprint density at radius 1 is 1.60 bits per heavy atom. The first-order valence-electron chi connectivity index (χ1n) is 0.899. The van der Waals surface area contributed by atoms with Crippen LogP contribution >= 0.6 is 24.6 Å². The van der Waals surface area contributed by atoms with Gasteiger partial charge in [-0.15, -0.1) is 0 Å². The second-order valence-corrected chi connectivity index (χ2v) is 8.25. The molecule has 0 amide bonds. The SMILES string of the molecule is O=P(O)(P)P. The van der Waals surface area contributed by atoms with E-state index in [1.165, 1.54) is 0 Å². The van der Waals surface area contributed by atoms with Crippen molar-refractivity contribution in [2.24, 2.45) is 0 Å². The van der Waals surface area contributed by atoms with E-state index in [1.54, 1.807) is 17.9 Å². The minimum absolute atomic E-state index is 1.79. The predicted octanol–water partition coefficient (Wildman–Crippen LogP) is 0.837. The highest BCUT2D eigenvalue weighted by Crippen LogP contribution is 2.57. The molecule has 0 aromatic carbocycles. The van der Waals surface area contributed by atoms with E-state index < -0.39 is 6.75 Å². The summed E-state index contributed by atoms with van der Waals surface area (Å²) in [5, 5.41) is 0. The van der Waals surface area contributed by atoms with Crippen LogP contribution in [-0.2, 0) is 4.57 Å². The normalized spacial score (nSPS) is 11.8. The van der Waals surface area contributed by atoms with Crippen molar-refractivity contribution in [3.05, 3.63) is 0 Å². The average molecular weight is 130 g/mol. The molecule has 0 aliphatic carbocycles. The second kappa shape index (κ2) is 1.67. The van der Waals surface area contributed by atoms with Gasteiger partial charge in [-0.1, -0.05) is 0 Å². The summed E-state index contributed by atoms with van der Waals surface area (Å²) in [4.78, 5) is 8.00. The summed E-state index contributed by atoms with van der Waals surface area (Å²) < 4.78 is 9.70. The lowest BCUT2D eigenvalue weighted by Gasteiger charge is -1.85.